The van der Waals surface area contributed by atoms with Crippen LogP contribution in [0.25, 0.3) is 0 Å². The maximum absolute atomic E-state index is 13.8. The fraction of sp³-hybridized carbons (Fsp3) is 0.353. The third-order valence-electron chi connectivity index (χ3n) is 3.10. The molecule has 1 aromatic carbocycles. The fourth-order valence-corrected chi connectivity index (χ4v) is 1.87. The summed E-state index contributed by atoms with van der Waals surface area (Å²) in [5.74, 6) is 0.397. The molecule has 0 spiro atoms. The SMILES string of the molecule is Cc1ccc(OCc2cc(CNC(C)C)ccc2F)cn1. The molecule has 1 N–H and O–H groups in total. The summed E-state index contributed by atoms with van der Waals surface area (Å²) < 4.78 is 19.4. The van der Waals surface area contributed by atoms with Crippen LogP contribution in [-0.2, 0) is 13.2 Å². The number of ether oxygens (including phenoxy) is 1. The summed E-state index contributed by atoms with van der Waals surface area (Å²) in [4.78, 5) is 4.15. The van der Waals surface area contributed by atoms with Gasteiger partial charge in [-0.3, -0.25) is 4.98 Å². The molecule has 0 fully saturated rings. The van der Waals surface area contributed by atoms with Crippen LogP contribution < -0.4 is 10.1 Å². The van der Waals surface area contributed by atoms with Gasteiger partial charge in [0.25, 0.3) is 0 Å². The summed E-state index contributed by atoms with van der Waals surface area (Å²) in [7, 11) is 0. The Kier molecular flexibility index (Phi) is 5.28. The van der Waals surface area contributed by atoms with E-state index >= 15 is 0 Å². The van der Waals surface area contributed by atoms with Crippen molar-refractivity contribution in [3.63, 3.8) is 0 Å². The van der Waals surface area contributed by atoms with E-state index in [0.717, 1.165) is 17.8 Å². The number of hydrogen-bond acceptors (Lipinski definition) is 3. The predicted molar refractivity (Wildman–Crippen MR) is 81.7 cm³/mol. The molecule has 1 aromatic heterocycles. The van der Waals surface area contributed by atoms with Crippen molar-refractivity contribution in [1.29, 1.82) is 0 Å². The van der Waals surface area contributed by atoms with Crippen molar-refractivity contribution in [2.24, 2.45) is 0 Å². The first-order chi connectivity index (χ1) is 10.0. The standard InChI is InChI=1S/C17H21FN2O/c1-12(2)19-9-14-5-7-17(18)15(8-14)11-21-16-6-4-13(3)20-10-16/h4-8,10,12,19H,9,11H2,1-3H3. The molecular weight excluding hydrogens is 267 g/mol. The first kappa shape index (κ1) is 15.4. The lowest BCUT2D eigenvalue weighted by molar-refractivity contribution is 0.298. The van der Waals surface area contributed by atoms with Crippen LogP contribution in [0.1, 0.15) is 30.7 Å². The van der Waals surface area contributed by atoms with E-state index in [1.165, 1.54) is 6.07 Å². The number of aryl methyl sites for hydroxylation is 1. The van der Waals surface area contributed by atoms with Crippen molar-refractivity contribution in [2.75, 3.05) is 0 Å². The zero-order valence-corrected chi connectivity index (χ0v) is 12.7. The molecule has 0 aliphatic rings. The van der Waals surface area contributed by atoms with Gasteiger partial charge in [-0.05, 0) is 36.8 Å². The molecule has 1 heterocycles. The molecule has 0 atom stereocenters. The summed E-state index contributed by atoms with van der Waals surface area (Å²) in [6.07, 6.45) is 1.65. The molecule has 112 valence electrons. The number of halogens is 1. The van der Waals surface area contributed by atoms with E-state index in [4.69, 9.17) is 4.74 Å². The number of nitrogens with one attached hydrogen (secondary N) is 1. The van der Waals surface area contributed by atoms with Gasteiger partial charge in [-0.1, -0.05) is 19.9 Å². The maximum Gasteiger partial charge on any atom is 0.138 e. The van der Waals surface area contributed by atoms with Crippen molar-refractivity contribution < 1.29 is 9.13 Å². The molecule has 21 heavy (non-hydrogen) atoms. The fourth-order valence-electron chi connectivity index (χ4n) is 1.87. The smallest absolute Gasteiger partial charge is 0.138 e. The van der Waals surface area contributed by atoms with Gasteiger partial charge in [0, 0.05) is 23.8 Å². The Morgan fingerprint density at radius 2 is 2.05 bits per heavy atom. The number of nitrogens with zero attached hydrogens (tertiary/aromatic N) is 1. The summed E-state index contributed by atoms with van der Waals surface area (Å²) in [5, 5.41) is 3.32. The van der Waals surface area contributed by atoms with E-state index in [2.05, 4.69) is 24.1 Å². The molecule has 0 amide bonds. The minimum absolute atomic E-state index is 0.200. The zero-order chi connectivity index (χ0) is 15.2. The third-order valence-corrected chi connectivity index (χ3v) is 3.10. The van der Waals surface area contributed by atoms with E-state index in [1.807, 2.05) is 25.1 Å². The van der Waals surface area contributed by atoms with Crippen LogP contribution in [0.15, 0.2) is 36.5 Å². The lowest BCUT2D eigenvalue weighted by atomic mass is 10.1. The van der Waals surface area contributed by atoms with Gasteiger partial charge in [-0.15, -0.1) is 0 Å². The highest BCUT2D eigenvalue weighted by atomic mass is 19.1. The molecular formula is C17H21FN2O. The second-order valence-electron chi connectivity index (χ2n) is 5.39. The molecule has 2 rings (SSSR count). The molecule has 4 heteroatoms. The number of pyridine rings is 1. The van der Waals surface area contributed by atoms with Crippen LogP contribution in [-0.4, -0.2) is 11.0 Å². The Balaban J connectivity index is 2.01. The summed E-state index contributed by atoms with van der Waals surface area (Å²) >= 11 is 0. The highest BCUT2D eigenvalue weighted by Crippen LogP contribution is 2.15. The molecule has 0 saturated carbocycles. The zero-order valence-electron chi connectivity index (χ0n) is 12.7. The maximum atomic E-state index is 13.8. The Bertz CT molecular complexity index is 582. The Morgan fingerprint density at radius 1 is 1.24 bits per heavy atom. The van der Waals surface area contributed by atoms with Crippen LogP contribution in [0.3, 0.4) is 0 Å². The van der Waals surface area contributed by atoms with Gasteiger partial charge in [0.2, 0.25) is 0 Å². The average molecular weight is 288 g/mol. The predicted octanol–water partition coefficient (Wildman–Crippen LogP) is 3.61. The van der Waals surface area contributed by atoms with E-state index < -0.39 is 0 Å². The molecule has 0 unspecified atom stereocenters. The summed E-state index contributed by atoms with van der Waals surface area (Å²) in [6, 6.07) is 9.23. The third kappa shape index (κ3) is 4.83. The van der Waals surface area contributed by atoms with Gasteiger partial charge in [0.15, 0.2) is 0 Å². The lowest BCUT2D eigenvalue weighted by Gasteiger charge is -2.11. The first-order valence-electron chi connectivity index (χ1n) is 7.11. The summed E-state index contributed by atoms with van der Waals surface area (Å²) in [6.45, 7) is 6.99. The topological polar surface area (TPSA) is 34.1 Å². The van der Waals surface area contributed by atoms with E-state index in [1.54, 1.807) is 12.3 Å². The molecule has 0 aliphatic carbocycles. The van der Waals surface area contributed by atoms with Crippen molar-refractivity contribution in [3.8, 4) is 5.75 Å². The normalized spacial score (nSPS) is 10.9. The quantitative estimate of drug-likeness (QED) is 0.881. The Labute approximate surface area is 125 Å². The van der Waals surface area contributed by atoms with Crippen molar-refractivity contribution in [3.05, 3.63) is 59.2 Å². The number of aromatic nitrogens is 1. The molecule has 0 bridgehead atoms. The van der Waals surface area contributed by atoms with E-state index in [0.29, 0.717) is 17.4 Å². The van der Waals surface area contributed by atoms with Crippen molar-refractivity contribution in [2.45, 2.75) is 40.0 Å². The molecule has 0 saturated heterocycles. The second-order valence-corrected chi connectivity index (χ2v) is 5.39. The van der Waals surface area contributed by atoms with Gasteiger partial charge in [0.1, 0.15) is 18.2 Å². The van der Waals surface area contributed by atoms with E-state index in [-0.39, 0.29) is 12.4 Å². The van der Waals surface area contributed by atoms with Crippen molar-refractivity contribution in [1.82, 2.24) is 10.3 Å². The highest BCUT2D eigenvalue weighted by Gasteiger charge is 2.06. The number of benzene rings is 1. The molecule has 2 aromatic rings. The van der Waals surface area contributed by atoms with Gasteiger partial charge in [-0.25, -0.2) is 4.39 Å². The van der Waals surface area contributed by atoms with Crippen LogP contribution in [0.4, 0.5) is 4.39 Å². The second kappa shape index (κ2) is 7.18. The monoisotopic (exact) mass is 288 g/mol. The number of hydrogen-bond donors (Lipinski definition) is 1. The first-order valence-corrected chi connectivity index (χ1v) is 7.11. The molecule has 3 nitrogen and oxygen atoms in total. The highest BCUT2D eigenvalue weighted by molar-refractivity contribution is 5.26. The Morgan fingerprint density at radius 3 is 2.71 bits per heavy atom. The summed E-state index contributed by atoms with van der Waals surface area (Å²) in [5.41, 5.74) is 2.53. The van der Waals surface area contributed by atoms with E-state index in [9.17, 15) is 4.39 Å². The van der Waals surface area contributed by atoms with Crippen LogP contribution in [0, 0.1) is 12.7 Å². The van der Waals surface area contributed by atoms with Crippen LogP contribution in [0.5, 0.6) is 5.75 Å². The van der Waals surface area contributed by atoms with Gasteiger partial charge in [-0.2, -0.15) is 0 Å². The largest absolute Gasteiger partial charge is 0.487 e. The van der Waals surface area contributed by atoms with Gasteiger partial charge in [0.05, 0.1) is 6.20 Å². The lowest BCUT2D eigenvalue weighted by Crippen LogP contribution is -2.21. The molecule has 0 radical (unpaired) electrons. The Hall–Kier alpha value is -1.94. The number of rotatable bonds is 6. The van der Waals surface area contributed by atoms with Crippen molar-refractivity contribution >= 4 is 0 Å². The average Bonchev–Trinajstić information content (AvgIpc) is 2.46. The van der Waals surface area contributed by atoms with Gasteiger partial charge < -0.3 is 10.1 Å². The van der Waals surface area contributed by atoms with Crippen LogP contribution in [0.2, 0.25) is 0 Å². The molecule has 0 aliphatic heterocycles. The van der Waals surface area contributed by atoms with Gasteiger partial charge >= 0.3 is 0 Å². The minimum atomic E-state index is -0.247. The van der Waals surface area contributed by atoms with Crippen LogP contribution >= 0.6 is 0 Å². The minimum Gasteiger partial charge on any atom is -0.487 e.